The van der Waals surface area contributed by atoms with Gasteiger partial charge < -0.3 is 4.57 Å². The third-order valence-corrected chi connectivity index (χ3v) is 5.46. The molecule has 0 spiro atoms. The molecule has 0 aliphatic carbocycles. The minimum absolute atomic E-state index is 0.156. The van der Waals surface area contributed by atoms with Crippen molar-refractivity contribution in [2.45, 2.75) is 26.3 Å². The van der Waals surface area contributed by atoms with Gasteiger partial charge in [0, 0.05) is 24.4 Å². The molecule has 2 heterocycles. The minimum atomic E-state index is -0.531. The fourth-order valence-electron chi connectivity index (χ4n) is 2.78. The summed E-state index contributed by atoms with van der Waals surface area (Å²) < 4.78 is 2.81. The smallest absolute Gasteiger partial charge is 0.268 e. The second-order valence-electron chi connectivity index (χ2n) is 5.68. The van der Waals surface area contributed by atoms with Crippen LogP contribution in [0.4, 0.5) is 0 Å². The molecule has 0 atom stereocenters. The number of amides is 3. The molecule has 1 saturated heterocycles. The summed E-state index contributed by atoms with van der Waals surface area (Å²) in [6.07, 6.45) is 2.02. The average molecular weight is 378 g/mol. The van der Waals surface area contributed by atoms with Crippen molar-refractivity contribution >= 4 is 50.9 Å². The van der Waals surface area contributed by atoms with Crippen LogP contribution in [-0.4, -0.2) is 33.7 Å². The number of imide groups is 1. The van der Waals surface area contributed by atoms with Gasteiger partial charge in [-0.2, -0.15) is 4.99 Å². The van der Waals surface area contributed by atoms with Gasteiger partial charge in [0.05, 0.1) is 10.2 Å². The molecule has 1 aromatic heterocycles. The first-order chi connectivity index (χ1) is 11.9. The molecule has 8 heteroatoms. The van der Waals surface area contributed by atoms with E-state index >= 15 is 0 Å². The van der Waals surface area contributed by atoms with Gasteiger partial charge in [-0.3, -0.25) is 19.3 Å². The van der Waals surface area contributed by atoms with Gasteiger partial charge in [0.1, 0.15) is 6.54 Å². The predicted octanol–water partition coefficient (Wildman–Crippen LogP) is 2.43. The first-order valence-electron chi connectivity index (χ1n) is 7.72. The van der Waals surface area contributed by atoms with Crippen LogP contribution >= 0.6 is 22.9 Å². The third kappa shape index (κ3) is 3.29. The summed E-state index contributed by atoms with van der Waals surface area (Å²) in [7, 11) is 0. The van der Waals surface area contributed by atoms with Crippen LogP contribution in [-0.2, 0) is 20.9 Å². The van der Waals surface area contributed by atoms with E-state index in [1.165, 1.54) is 11.3 Å². The molecule has 1 fully saturated rings. The number of fused-ring (bicyclic) bond motifs is 1. The molecule has 0 bridgehead atoms. The average Bonchev–Trinajstić information content (AvgIpc) is 3.07. The number of carbonyl (C=O) groups excluding carboxylic acids is 3. The first kappa shape index (κ1) is 17.6. The Bertz CT molecular complexity index is 957. The Morgan fingerprint density at radius 2 is 2.04 bits per heavy atom. The van der Waals surface area contributed by atoms with Crippen molar-refractivity contribution in [3.05, 3.63) is 40.2 Å². The third-order valence-electron chi connectivity index (χ3n) is 4.01. The van der Waals surface area contributed by atoms with Crippen LogP contribution in [0.3, 0.4) is 0 Å². The maximum absolute atomic E-state index is 12.3. The van der Waals surface area contributed by atoms with E-state index in [1.54, 1.807) is 12.1 Å². The van der Waals surface area contributed by atoms with Gasteiger partial charge in [-0.15, -0.1) is 6.58 Å². The summed E-state index contributed by atoms with van der Waals surface area (Å²) in [5.74, 6) is -1.19. The van der Waals surface area contributed by atoms with Gasteiger partial charge in [-0.25, -0.2) is 0 Å². The quantitative estimate of drug-likeness (QED) is 0.606. The van der Waals surface area contributed by atoms with E-state index in [9.17, 15) is 14.4 Å². The van der Waals surface area contributed by atoms with Gasteiger partial charge in [0.15, 0.2) is 4.80 Å². The van der Waals surface area contributed by atoms with E-state index in [0.717, 1.165) is 20.7 Å². The Kier molecular flexibility index (Phi) is 4.87. The first-order valence-corrected chi connectivity index (χ1v) is 8.92. The molecule has 25 heavy (non-hydrogen) atoms. The number of nitrogens with zero attached hydrogens (tertiary/aromatic N) is 3. The van der Waals surface area contributed by atoms with E-state index in [-0.39, 0.29) is 31.2 Å². The molecule has 6 nitrogen and oxygen atoms in total. The van der Waals surface area contributed by atoms with E-state index in [2.05, 4.69) is 11.6 Å². The van der Waals surface area contributed by atoms with Crippen LogP contribution < -0.4 is 4.80 Å². The fraction of sp³-hybridized carbons (Fsp3) is 0.294. The summed E-state index contributed by atoms with van der Waals surface area (Å²) in [6.45, 7) is 5.80. The zero-order valence-electron chi connectivity index (χ0n) is 13.6. The fourth-order valence-corrected chi connectivity index (χ4v) is 4.04. The summed E-state index contributed by atoms with van der Waals surface area (Å²) in [5, 5.41) is 0.634. The predicted molar refractivity (Wildman–Crippen MR) is 96.3 cm³/mol. The molecule has 1 aliphatic heterocycles. The maximum Gasteiger partial charge on any atom is 0.268 e. The maximum atomic E-state index is 12.3. The van der Waals surface area contributed by atoms with Crippen molar-refractivity contribution in [2.24, 2.45) is 4.99 Å². The summed E-state index contributed by atoms with van der Waals surface area (Å²) >= 11 is 7.56. The summed E-state index contributed by atoms with van der Waals surface area (Å²) in [4.78, 5) is 41.1. The van der Waals surface area contributed by atoms with Crippen molar-refractivity contribution in [1.82, 2.24) is 9.47 Å². The van der Waals surface area contributed by atoms with Crippen LogP contribution in [0.25, 0.3) is 10.2 Å². The Labute approximate surface area is 153 Å². The lowest BCUT2D eigenvalue weighted by molar-refractivity contribution is -0.141. The topological polar surface area (TPSA) is 71.7 Å². The molecule has 3 amide bonds. The number of carbonyl (C=O) groups is 3. The molecule has 1 aromatic carbocycles. The highest BCUT2D eigenvalue weighted by Gasteiger charge is 2.30. The lowest BCUT2D eigenvalue weighted by atomic mass is 10.2. The second kappa shape index (κ2) is 6.93. The van der Waals surface area contributed by atoms with Crippen LogP contribution in [0.15, 0.2) is 29.8 Å². The standard InChI is InChI=1S/C17H16ClN3O3S/c1-3-8-20-16-10(2)11(18)4-5-12(16)25-17(20)19-13(22)9-21-14(23)6-7-15(21)24/h3-5H,1,6-9H2,2H3. The molecule has 2 aromatic rings. The number of thiazole rings is 1. The van der Waals surface area contributed by atoms with Crippen molar-refractivity contribution in [1.29, 1.82) is 0 Å². The summed E-state index contributed by atoms with van der Waals surface area (Å²) in [5.41, 5.74) is 1.80. The van der Waals surface area contributed by atoms with E-state index in [4.69, 9.17) is 11.6 Å². The second-order valence-corrected chi connectivity index (χ2v) is 7.10. The van der Waals surface area contributed by atoms with Gasteiger partial charge >= 0.3 is 0 Å². The highest BCUT2D eigenvalue weighted by Crippen LogP contribution is 2.27. The molecule has 0 saturated carbocycles. The van der Waals surface area contributed by atoms with E-state index in [1.807, 2.05) is 17.6 Å². The molecule has 3 rings (SSSR count). The van der Waals surface area contributed by atoms with Crippen molar-refractivity contribution in [3.8, 4) is 0 Å². The molecular formula is C17H16ClN3O3S. The SMILES string of the molecule is C=CCn1c(=NC(=O)CN2C(=O)CCC2=O)sc2ccc(Cl)c(C)c21. The number of allylic oxidation sites excluding steroid dienone is 1. The van der Waals surface area contributed by atoms with Crippen molar-refractivity contribution in [3.63, 3.8) is 0 Å². The lowest BCUT2D eigenvalue weighted by Crippen LogP contribution is -2.34. The molecular weight excluding hydrogens is 362 g/mol. The number of halogens is 1. The molecule has 130 valence electrons. The monoisotopic (exact) mass is 377 g/mol. The molecule has 1 aliphatic rings. The lowest BCUT2D eigenvalue weighted by Gasteiger charge is -2.10. The largest absolute Gasteiger partial charge is 0.312 e. The number of rotatable bonds is 4. The van der Waals surface area contributed by atoms with Crippen LogP contribution in [0.1, 0.15) is 18.4 Å². The minimum Gasteiger partial charge on any atom is -0.312 e. The Morgan fingerprint density at radius 3 is 2.68 bits per heavy atom. The normalized spacial score (nSPS) is 15.4. The van der Waals surface area contributed by atoms with E-state index < -0.39 is 5.91 Å². The Balaban J connectivity index is 2.03. The molecule has 0 unspecified atom stereocenters. The van der Waals surface area contributed by atoms with Gasteiger partial charge in [-0.1, -0.05) is 29.0 Å². The number of hydrogen-bond acceptors (Lipinski definition) is 4. The number of likely N-dealkylation sites (tertiary alicyclic amines) is 1. The van der Waals surface area contributed by atoms with Gasteiger partial charge in [0.2, 0.25) is 11.8 Å². The van der Waals surface area contributed by atoms with Crippen LogP contribution in [0.5, 0.6) is 0 Å². The van der Waals surface area contributed by atoms with Crippen LogP contribution in [0.2, 0.25) is 5.02 Å². The number of aryl methyl sites for hydroxylation is 1. The summed E-state index contributed by atoms with van der Waals surface area (Å²) in [6, 6.07) is 3.69. The van der Waals surface area contributed by atoms with Crippen molar-refractivity contribution < 1.29 is 14.4 Å². The number of benzene rings is 1. The Hall–Kier alpha value is -2.25. The molecule has 0 radical (unpaired) electrons. The Morgan fingerprint density at radius 1 is 1.36 bits per heavy atom. The zero-order valence-corrected chi connectivity index (χ0v) is 15.2. The van der Waals surface area contributed by atoms with Gasteiger partial charge in [0.25, 0.3) is 5.91 Å². The zero-order chi connectivity index (χ0) is 18.1. The van der Waals surface area contributed by atoms with Crippen molar-refractivity contribution in [2.75, 3.05) is 6.54 Å². The van der Waals surface area contributed by atoms with E-state index in [0.29, 0.717) is 16.4 Å². The number of aromatic nitrogens is 1. The van der Waals surface area contributed by atoms with Gasteiger partial charge in [-0.05, 0) is 24.6 Å². The highest BCUT2D eigenvalue weighted by molar-refractivity contribution is 7.16. The van der Waals surface area contributed by atoms with Crippen LogP contribution in [0, 0.1) is 6.92 Å². The molecule has 0 N–H and O–H groups in total. The highest BCUT2D eigenvalue weighted by atomic mass is 35.5. The number of hydrogen-bond donors (Lipinski definition) is 0.